The number of amides is 1. The van der Waals surface area contributed by atoms with Crippen LogP contribution in [0.2, 0.25) is 0 Å². The molecule has 0 spiro atoms. The van der Waals surface area contributed by atoms with Gasteiger partial charge in [0, 0.05) is 32.5 Å². The molecule has 1 aromatic rings. The Morgan fingerprint density at radius 3 is 3.10 bits per heavy atom. The summed E-state index contributed by atoms with van der Waals surface area (Å²) in [5.41, 5.74) is 5.86. The topological polar surface area (TPSA) is 80.5 Å². The monoisotopic (exact) mass is 316 g/mol. The number of nitrogens with one attached hydrogen (secondary N) is 1. The maximum absolute atomic E-state index is 12.5. The molecule has 8 heteroatoms. The van der Waals surface area contributed by atoms with Crippen LogP contribution in [0.1, 0.15) is 16.1 Å². The summed E-state index contributed by atoms with van der Waals surface area (Å²) in [4.78, 5) is 19.0. The van der Waals surface area contributed by atoms with Gasteiger partial charge in [-0.2, -0.15) is 11.8 Å². The van der Waals surface area contributed by atoms with E-state index in [1.807, 2.05) is 18.8 Å². The molecular weight excluding hydrogens is 296 g/mol. The van der Waals surface area contributed by atoms with Gasteiger partial charge in [-0.05, 0) is 12.2 Å². The smallest absolute Gasteiger partial charge is 0.267 e. The highest BCUT2D eigenvalue weighted by Crippen LogP contribution is 2.28. The van der Waals surface area contributed by atoms with Crippen LogP contribution in [0.5, 0.6) is 0 Å². The van der Waals surface area contributed by atoms with Crippen LogP contribution < -0.4 is 11.1 Å². The Hall–Kier alpha value is -0.990. The van der Waals surface area contributed by atoms with E-state index in [9.17, 15) is 4.79 Å². The van der Waals surface area contributed by atoms with E-state index < -0.39 is 0 Å². The number of nitrogens with zero attached hydrogens (tertiary/aromatic N) is 2. The first-order valence-electron chi connectivity index (χ1n) is 6.47. The normalized spacial score (nSPS) is 18.2. The van der Waals surface area contributed by atoms with Crippen molar-refractivity contribution in [2.75, 3.05) is 49.9 Å². The highest BCUT2D eigenvalue weighted by atomic mass is 32.2. The molecular formula is C12H20N4O2S2. The van der Waals surface area contributed by atoms with Crippen molar-refractivity contribution in [3.05, 3.63) is 4.88 Å². The van der Waals surface area contributed by atoms with Gasteiger partial charge in [0.1, 0.15) is 10.7 Å². The van der Waals surface area contributed by atoms with Crippen LogP contribution in [0.4, 0.5) is 10.9 Å². The van der Waals surface area contributed by atoms with E-state index in [4.69, 9.17) is 10.5 Å². The van der Waals surface area contributed by atoms with Gasteiger partial charge in [-0.3, -0.25) is 4.79 Å². The summed E-state index contributed by atoms with van der Waals surface area (Å²) >= 11 is 3.19. The Balaban J connectivity index is 2.01. The number of thioether (sulfide) groups is 1. The minimum absolute atomic E-state index is 0.0349. The van der Waals surface area contributed by atoms with E-state index in [2.05, 4.69) is 10.3 Å². The van der Waals surface area contributed by atoms with Crippen molar-refractivity contribution < 1.29 is 9.53 Å². The zero-order valence-corrected chi connectivity index (χ0v) is 13.4. The predicted octanol–water partition coefficient (Wildman–Crippen LogP) is 1.36. The molecule has 1 aliphatic heterocycles. The van der Waals surface area contributed by atoms with Gasteiger partial charge in [-0.25, -0.2) is 4.98 Å². The standard InChI is InChI=1S/C12H20N4O2S2/c1-16(8-3-6-19-7-8)11(17)9-10(13)15-12(20-9)14-4-5-18-2/h8H,3-7,13H2,1-2H3,(H,14,15). The summed E-state index contributed by atoms with van der Waals surface area (Å²) < 4.78 is 4.96. The number of carbonyl (C=O) groups excluding carboxylic acids is 1. The van der Waals surface area contributed by atoms with E-state index in [1.165, 1.54) is 11.3 Å². The summed E-state index contributed by atoms with van der Waals surface area (Å²) in [5.74, 6) is 2.38. The second-order valence-corrected chi connectivity index (χ2v) is 6.74. The van der Waals surface area contributed by atoms with Crippen LogP contribution in [-0.2, 0) is 4.74 Å². The molecule has 0 radical (unpaired) electrons. The number of aromatic nitrogens is 1. The van der Waals surface area contributed by atoms with Crippen molar-refractivity contribution in [1.29, 1.82) is 0 Å². The number of thiazole rings is 1. The van der Waals surface area contributed by atoms with Gasteiger partial charge in [0.25, 0.3) is 5.91 Å². The van der Waals surface area contributed by atoms with Gasteiger partial charge in [0.2, 0.25) is 0 Å². The van der Waals surface area contributed by atoms with Gasteiger partial charge in [-0.1, -0.05) is 11.3 Å². The number of carbonyl (C=O) groups is 1. The maximum atomic E-state index is 12.5. The van der Waals surface area contributed by atoms with Crippen molar-refractivity contribution >= 4 is 40.0 Å². The SMILES string of the molecule is COCCNc1nc(N)c(C(=O)N(C)C2CCSC2)s1. The molecule has 3 N–H and O–H groups in total. The van der Waals surface area contributed by atoms with Crippen molar-refractivity contribution in [2.45, 2.75) is 12.5 Å². The van der Waals surface area contributed by atoms with Crippen molar-refractivity contribution in [2.24, 2.45) is 0 Å². The second-order valence-electron chi connectivity index (χ2n) is 4.59. The number of hydrogen-bond donors (Lipinski definition) is 2. The summed E-state index contributed by atoms with van der Waals surface area (Å²) in [7, 11) is 3.48. The van der Waals surface area contributed by atoms with Crippen LogP contribution in [0, 0.1) is 0 Å². The minimum Gasteiger partial charge on any atom is -0.383 e. The zero-order valence-electron chi connectivity index (χ0n) is 11.7. The Labute approximate surface area is 127 Å². The fourth-order valence-electron chi connectivity index (χ4n) is 1.97. The number of rotatable bonds is 6. The van der Waals surface area contributed by atoms with E-state index in [0.29, 0.717) is 35.0 Å². The minimum atomic E-state index is -0.0349. The van der Waals surface area contributed by atoms with Gasteiger partial charge >= 0.3 is 0 Å². The molecule has 1 unspecified atom stereocenters. The third-order valence-corrected chi connectivity index (χ3v) is 5.37. The fraction of sp³-hybridized carbons (Fsp3) is 0.667. The number of nitrogen functional groups attached to an aromatic ring is 1. The number of hydrogen-bond acceptors (Lipinski definition) is 7. The quantitative estimate of drug-likeness (QED) is 0.771. The number of nitrogens with two attached hydrogens (primary N) is 1. The molecule has 112 valence electrons. The van der Waals surface area contributed by atoms with Crippen molar-refractivity contribution in [3.63, 3.8) is 0 Å². The summed E-state index contributed by atoms with van der Waals surface area (Å²) in [6, 6.07) is 0.305. The molecule has 1 atom stereocenters. The lowest BCUT2D eigenvalue weighted by atomic mass is 10.2. The highest BCUT2D eigenvalue weighted by molar-refractivity contribution is 7.99. The lowest BCUT2D eigenvalue weighted by Gasteiger charge is -2.23. The predicted molar refractivity (Wildman–Crippen MR) is 84.7 cm³/mol. The average molecular weight is 316 g/mol. The lowest BCUT2D eigenvalue weighted by molar-refractivity contribution is 0.0753. The van der Waals surface area contributed by atoms with Crippen LogP contribution >= 0.6 is 23.1 Å². The van der Waals surface area contributed by atoms with Gasteiger partial charge in [-0.15, -0.1) is 0 Å². The fourth-order valence-corrected chi connectivity index (χ4v) is 4.14. The largest absolute Gasteiger partial charge is 0.383 e. The molecule has 1 aromatic heterocycles. The molecule has 0 aliphatic carbocycles. The average Bonchev–Trinajstić information content (AvgIpc) is 3.07. The summed E-state index contributed by atoms with van der Waals surface area (Å²) in [6.07, 6.45) is 1.05. The number of anilines is 2. The lowest BCUT2D eigenvalue weighted by Crippen LogP contribution is -2.36. The molecule has 20 heavy (non-hydrogen) atoms. The molecule has 1 fully saturated rings. The molecule has 2 rings (SSSR count). The van der Waals surface area contributed by atoms with Crippen LogP contribution in [0.25, 0.3) is 0 Å². The molecule has 0 saturated carbocycles. The van der Waals surface area contributed by atoms with Crippen LogP contribution in [0.15, 0.2) is 0 Å². The number of methoxy groups -OCH3 is 1. The van der Waals surface area contributed by atoms with Crippen LogP contribution in [0.3, 0.4) is 0 Å². The first-order valence-corrected chi connectivity index (χ1v) is 8.44. The van der Waals surface area contributed by atoms with Crippen LogP contribution in [-0.4, -0.2) is 60.6 Å². The van der Waals surface area contributed by atoms with E-state index in [1.54, 1.807) is 12.0 Å². The van der Waals surface area contributed by atoms with Crippen molar-refractivity contribution in [3.8, 4) is 0 Å². The Kier molecular flexibility index (Phi) is 5.50. The molecule has 1 aliphatic rings. The molecule has 2 heterocycles. The molecule has 6 nitrogen and oxygen atoms in total. The Bertz CT molecular complexity index is 460. The molecule has 0 bridgehead atoms. The van der Waals surface area contributed by atoms with E-state index in [-0.39, 0.29) is 5.91 Å². The molecule has 1 amide bonds. The first-order chi connectivity index (χ1) is 9.63. The van der Waals surface area contributed by atoms with Crippen molar-refractivity contribution in [1.82, 2.24) is 9.88 Å². The summed E-state index contributed by atoms with van der Waals surface area (Å²) in [5, 5.41) is 3.76. The van der Waals surface area contributed by atoms with E-state index in [0.717, 1.165) is 17.9 Å². The maximum Gasteiger partial charge on any atom is 0.267 e. The van der Waals surface area contributed by atoms with Gasteiger partial charge < -0.3 is 20.7 Å². The zero-order chi connectivity index (χ0) is 14.5. The third-order valence-electron chi connectivity index (χ3n) is 3.20. The molecule has 0 aromatic carbocycles. The molecule has 1 saturated heterocycles. The Morgan fingerprint density at radius 2 is 2.45 bits per heavy atom. The van der Waals surface area contributed by atoms with Gasteiger partial charge in [0.15, 0.2) is 5.13 Å². The second kappa shape index (κ2) is 7.14. The van der Waals surface area contributed by atoms with E-state index >= 15 is 0 Å². The highest BCUT2D eigenvalue weighted by Gasteiger charge is 2.27. The Morgan fingerprint density at radius 1 is 1.65 bits per heavy atom. The summed E-state index contributed by atoms with van der Waals surface area (Å²) in [6.45, 7) is 1.23. The number of ether oxygens (including phenoxy) is 1. The third kappa shape index (κ3) is 3.56. The van der Waals surface area contributed by atoms with Gasteiger partial charge in [0.05, 0.1) is 6.61 Å². The first kappa shape index (κ1) is 15.4.